The van der Waals surface area contributed by atoms with Gasteiger partial charge in [-0.15, -0.1) is 0 Å². The summed E-state index contributed by atoms with van der Waals surface area (Å²) in [5.74, 6) is -1.39. The summed E-state index contributed by atoms with van der Waals surface area (Å²) in [5, 5.41) is 0. The van der Waals surface area contributed by atoms with Crippen molar-refractivity contribution in [2.75, 3.05) is 0 Å². The van der Waals surface area contributed by atoms with Crippen molar-refractivity contribution in [1.82, 2.24) is 0 Å². The summed E-state index contributed by atoms with van der Waals surface area (Å²) in [5.41, 5.74) is 6.45. The molecule has 0 radical (unpaired) electrons. The highest BCUT2D eigenvalue weighted by atomic mass is 19.2. The summed E-state index contributed by atoms with van der Waals surface area (Å²) in [4.78, 5) is 0. The van der Waals surface area contributed by atoms with Crippen LogP contribution in [-0.2, 0) is 6.42 Å². The molecule has 1 aromatic carbocycles. The molecule has 0 saturated carbocycles. The van der Waals surface area contributed by atoms with Gasteiger partial charge >= 0.3 is 0 Å². The molecule has 0 aliphatic heterocycles. The molecule has 3 heteroatoms. The normalized spacial score (nSPS) is 12.2. The van der Waals surface area contributed by atoms with Crippen molar-refractivity contribution in [1.29, 1.82) is 0 Å². The number of nitrogens with two attached hydrogens (primary N) is 1. The second-order valence-corrected chi connectivity index (χ2v) is 5.30. The van der Waals surface area contributed by atoms with Gasteiger partial charge in [0.1, 0.15) is 0 Å². The van der Waals surface area contributed by atoms with Gasteiger partial charge in [-0.2, -0.15) is 0 Å². The average Bonchev–Trinajstić information content (AvgIpc) is 2.10. The Morgan fingerprint density at radius 2 is 1.81 bits per heavy atom. The molecule has 0 atom stereocenters. The monoisotopic (exact) mass is 227 g/mol. The Labute approximate surface area is 95.7 Å². The summed E-state index contributed by atoms with van der Waals surface area (Å²) >= 11 is 0. The van der Waals surface area contributed by atoms with Gasteiger partial charge in [-0.1, -0.05) is 19.9 Å². The molecule has 1 rings (SSSR count). The first kappa shape index (κ1) is 13.1. The third kappa shape index (κ3) is 3.27. The number of hydrogen-bond donors (Lipinski definition) is 1. The summed E-state index contributed by atoms with van der Waals surface area (Å²) in [6, 6.07) is 2.96. The summed E-state index contributed by atoms with van der Waals surface area (Å²) < 4.78 is 26.9. The Morgan fingerprint density at radius 3 is 2.25 bits per heavy atom. The van der Waals surface area contributed by atoms with Crippen LogP contribution in [0, 0.1) is 11.6 Å². The van der Waals surface area contributed by atoms with E-state index < -0.39 is 17.2 Å². The van der Waals surface area contributed by atoms with Crippen molar-refractivity contribution in [3.63, 3.8) is 0 Å². The van der Waals surface area contributed by atoms with Crippen LogP contribution < -0.4 is 5.73 Å². The minimum atomic E-state index is -0.787. The zero-order valence-corrected chi connectivity index (χ0v) is 10.3. The lowest BCUT2D eigenvalue weighted by Crippen LogP contribution is -2.34. The fourth-order valence-corrected chi connectivity index (χ4v) is 1.62. The fraction of sp³-hybridized carbons (Fsp3) is 0.538. The van der Waals surface area contributed by atoms with E-state index in [1.165, 1.54) is 6.07 Å². The SMILES string of the molecule is CC(C)c1cc(F)c(F)c(CC(C)(C)N)c1. The standard InChI is InChI=1S/C13H19F2N/c1-8(2)9-5-10(7-13(3,4)16)12(15)11(14)6-9/h5-6,8H,7,16H2,1-4H3. The topological polar surface area (TPSA) is 26.0 Å². The lowest BCUT2D eigenvalue weighted by molar-refractivity contribution is 0.464. The third-order valence-electron chi connectivity index (χ3n) is 2.44. The molecule has 0 heterocycles. The van der Waals surface area contributed by atoms with Gasteiger partial charge in [-0.05, 0) is 43.4 Å². The van der Waals surface area contributed by atoms with Crippen LogP contribution in [0.2, 0.25) is 0 Å². The molecule has 90 valence electrons. The quantitative estimate of drug-likeness (QED) is 0.841. The number of halogens is 2. The molecule has 2 N–H and O–H groups in total. The van der Waals surface area contributed by atoms with E-state index in [1.54, 1.807) is 19.9 Å². The molecular weight excluding hydrogens is 208 g/mol. The first-order chi connectivity index (χ1) is 7.20. The van der Waals surface area contributed by atoms with Crippen molar-refractivity contribution < 1.29 is 8.78 Å². The highest BCUT2D eigenvalue weighted by molar-refractivity contribution is 5.29. The predicted octanol–water partition coefficient (Wildman–Crippen LogP) is 3.37. The van der Waals surface area contributed by atoms with Crippen molar-refractivity contribution in [3.8, 4) is 0 Å². The van der Waals surface area contributed by atoms with Gasteiger partial charge in [-0.3, -0.25) is 0 Å². The summed E-state index contributed by atoms with van der Waals surface area (Å²) in [6.07, 6.45) is 0.330. The lowest BCUT2D eigenvalue weighted by Gasteiger charge is -2.20. The van der Waals surface area contributed by atoms with Crippen LogP contribution in [0.4, 0.5) is 8.78 Å². The van der Waals surface area contributed by atoms with Gasteiger partial charge in [0.2, 0.25) is 0 Å². The first-order valence-corrected chi connectivity index (χ1v) is 5.47. The van der Waals surface area contributed by atoms with Crippen LogP contribution in [0.5, 0.6) is 0 Å². The maximum absolute atomic E-state index is 13.5. The number of hydrogen-bond acceptors (Lipinski definition) is 1. The summed E-state index contributed by atoms with van der Waals surface area (Å²) in [6.45, 7) is 7.49. The molecule has 0 amide bonds. The van der Waals surface area contributed by atoms with Crippen molar-refractivity contribution >= 4 is 0 Å². The average molecular weight is 227 g/mol. The molecule has 0 spiro atoms. The Hall–Kier alpha value is -0.960. The predicted molar refractivity (Wildman–Crippen MR) is 62.4 cm³/mol. The van der Waals surface area contributed by atoms with E-state index in [4.69, 9.17) is 5.73 Å². The van der Waals surface area contributed by atoms with E-state index in [1.807, 2.05) is 13.8 Å². The molecule has 16 heavy (non-hydrogen) atoms. The minimum absolute atomic E-state index is 0.176. The van der Waals surface area contributed by atoms with E-state index >= 15 is 0 Å². The highest BCUT2D eigenvalue weighted by Gasteiger charge is 2.18. The van der Waals surface area contributed by atoms with E-state index in [0.29, 0.717) is 12.0 Å². The van der Waals surface area contributed by atoms with Crippen LogP contribution in [0.3, 0.4) is 0 Å². The maximum atomic E-state index is 13.5. The number of rotatable bonds is 3. The van der Waals surface area contributed by atoms with Gasteiger partial charge in [0.05, 0.1) is 0 Å². The lowest BCUT2D eigenvalue weighted by atomic mass is 9.92. The smallest absolute Gasteiger partial charge is 0.162 e. The van der Waals surface area contributed by atoms with Crippen LogP contribution in [0.15, 0.2) is 12.1 Å². The van der Waals surface area contributed by atoms with Crippen molar-refractivity contribution in [3.05, 3.63) is 34.9 Å². The maximum Gasteiger partial charge on any atom is 0.162 e. The van der Waals surface area contributed by atoms with E-state index in [2.05, 4.69) is 0 Å². The van der Waals surface area contributed by atoms with Crippen LogP contribution >= 0.6 is 0 Å². The molecule has 1 nitrogen and oxygen atoms in total. The molecule has 0 aliphatic rings. The Bertz CT molecular complexity index is 378. The molecule has 0 fully saturated rings. The van der Waals surface area contributed by atoms with Gasteiger partial charge in [0.15, 0.2) is 11.6 Å². The van der Waals surface area contributed by atoms with E-state index in [-0.39, 0.29) is 5.92 Å². The van der Waals surface area contributed by atoms with Crippen LogP contribution in [0.25, 0.3) is 0 Å². The molecule has 0 unspecified atom stereocenters. The van der Waals surface area contributed by atoms with Crippen LogP contribution in [-0.4, -0.2) is 5.54 Å². The zero-order valence-electron chi connectivity index (χ0n) is 10.3. The van der Waals surface area contributed by atoms with Crippen LogP contribution in [0.1, 0.15) is 44.7 Å². The number of benzene rings is 1. The molecule has 0 bridgehead atoms. The first-order valence-electron chi connectivity index (χ1n) is 5.47. The van der Waals surface area contributed by atoms with E-state index in [0.717, 1.165) is 5.56 Å². The highest BCUT2D eigenvalue weighted by Crippen LogP contribution is 2.23. The zero-order chi connectivity index (χ0) is 12.5. The second-order valence-electron chi connectivity index (χ2n) is 5.30. The van der Waals surface area contributed by atoms with Gasteiger partial charge < -0.3 is 5.73 Å². The Morgan fingerprint density at radius 1 is 1.25 bits per heavy atom. The molecule has 1 aromatic rings. The second kappa shape index (κ2) is 4.50. The van der Waals surface area contributed by atoms with Crippen molar-refractivity contribution in [2.24, 2.45) is 5.73 Å². The minimum Gasteiger partial charge on any atom is -0.325 e. The molecule has 0 saturated heterocycles. The Kier molecular flexibility index (Phi) is 3.68. The summed E-state index contributed by atoms with van der Waals surface area (Å²) in [7, 11) is 0. The van der Waals surface area contributed by atoms with Gasteiger partial charge in [-0.25, -0.2) is 8.78 Å². The van der Waals surface area contributed by atoms with E-state index in [9.17, 15) is 8.78 Å². The molecule has 0 aromatic heterocycles. The molecular formula is C13H19F2N. The fourth-order valence-electron chi connectivity index (χ4n) is 1.62. The van der Waals surface area contributed by atoms with Gasteiger partial charge in [0.25, 0.3) is 0 Å². The largest absolute Gasteiger partial charge is 0.325 e. The Balaban J connectivity index is 3.17. The van der Waals surface area contributed by atoms with Crippen molar-refractivity contribution in [2.45, 2.75) is 45.6 Å². The third-order valence-corrected chi connectivity index (χ3v) is 2.44. The molecule has 0 aliphatic carbocycles. The van der Waals surface area contributed by atoms with Gasteiger partial charge in [0, 0.05) is 5.54 Å².